The maximum absolute atomic E-state index is 13.6. The molecule has 0 bridgehead atoms. The van der Waals surface area contributed by atoms with E-state index in [0.29, 0.717) is 5.56 Å². The van der Waals surface area contributed by atoms with Crippen molar-refractivity contribution in [3.63, 3.8) is 0 Å². The van der Waals surface area contributed by atoms with Gasteiger partial charge in [-0.25, -0.2) is 8.78 Å². The number of hydrogen-bond acceptors (Lipinski definition) is 5. The molecule has 38 heavy (non-hydrogen) atoms. The molecule has 3 heterocycles. The molecule has 0 saturated carbocycles. The minimum Gasteiger partial charge on any atom is -0.490 e. The molecule has 1 amide bonds. The van der Waals surface area contributed by atoms with E-state index in [9.17, 15) is 18.4 Å². The second-order valence-electron chi connectivity index (χ2n) is 9.57. The summed E-state index contributed by atoms with van der Waals surface area (Å²) in [5, 5.41) is 3.67. The van der Waals surface area contributed by atoms with Gasteiger partial charge in [-0.3, -0.25) is 14.6 Å². The Labute approximate surface area is 218 Å². The number of ether oxygens (including phenoxy) is 1. The summed E-state index contributed by atoms with van der Waals surface area (Å²) in [5.41, 5.74) is 1.49. The van der Waals surface area contributed by atoms with Crippen LogP contribution in [0.5, 0.6) is 5.75 Å². The average Bonchev–Trinajstić information content (AvgIpc) is 2.92. The first kappa shape index (κ1) is 25.5. The van der Waals surface area contributed by atoms with Gasteiger partial charge in [0.1, 0.15) is 17.4 Å². The fraction of sp³-hybridized carbons (Fsp3) is 0.276. The zero-order chi connectivity index (χ0) is 26.6. The first-order chi connectivity index (χ1) is 18.4. The van der Waals surface area contributed by atoms with Crippen molar-refractivity contribution < 1.29 is 18.3 Å². The third-order valence-corrected chi connectivity index (χ3v) is 6.78. The molecule has 0 radical (unpaired) electrons. The van der Waals surface area contributed by atoms with E-state index in [1.807, 2.05) is 24.3 Å². The van der Waals surface area contributed by atoms with E-state index in [-0.39, 0.29) is 24.8 Å². The van der Waals surface area contributed by atoms with E-state index in [4.69, 9.17) is 4.74 Å². The smallest absolute Gasteiger partial charge is 0.263 e. The van der Waals surface area contributed by atoms with Crippen molar-refractivity contribution in [2.75, 3.05) is 20.1 Å². The quantitative estimate of drug-likeness (QED) is 0.398. The molecule has 5 rings (SSSR count). The first-order valence-electron chi connectivity index (χ1n) is 12.5. The summed E-state index contributed by atoms with van der Waals surface area (Å²) in [4.78, 5) is 32.5. The normalized spacial score (nSPS) is 14.5. The molecule has 2 aromatic heterocycles. The number of benzene rings is 2. The lowest BCUT2D eigenvalue weighted by Crippen LogP contribution is -2.35. The Morgan fingerprint density at radius 1 is 1.05 bits per heavy atom. The molecule has 1 saturated heterocycles. The Kier molecular flexibility index (Phi) is 7.46. The summed E-state index contributed by atoms with van der Waals surface area (Å²) in [6.45, 7) is 2.20. The minimum absolute atomic E-state index is 0.00882. The van der Waals surface area contributed by atoms with Crippen LogP contribution >= 0.6 is 0 Å². The van der Waals surface area contributed by atoms with Crippen molar-refractivity contribution in [2.24, 2.45) is 0 Å². The molecule has 196 valence electrons. The molecule has 1 N–H and O–H groups in total. The minimum atomic E-state index is -0.991. The lowest BCUT2D eigenvalue weighted by atomic mass is 10.1. The first-order valence-corrected chi connectivity index (χ1v) is 12.5. The van der Waals surface area contributed by atoms with Crippen LogP contribution in [0.15, 0.2) is 71.8 Å². The summed E-state index contributed by atoms with van der Waals surface area (Å²) < 4.78 is 34.4. The van der Waals surface area contributed by atoms with E-state index in [0.717, 1.165) is 60.3 Å². The lowest BCUT2D eigenvalue weighted by molar-refractivity contribution is 0.0948. The number of piperidine rings is 1. The Hall–Kier alpha value is -4.11. The number of likely N-dealkylation sites (tertiary alicyclic amines) is 1. The van der Waals surface area contributed by atoms with Crippen molar-refractivity contribution >= 4 is 16.8 Å². The molecule has 7 nitrogen and oxygen atoms in total. The predicted octanol–water partition coefficient (Wildman–Crippen LogP) is 4.13. The number of fused-ring (bicyclic) bond motifs is 1. The average molecular weight is 519 g/mol. The maximum atomic E-state index is 13.6. The van der Waals surface area contributed by atoms with Gasteiger partial charge >= 0.3 is 0 Å². The van der Waals surface area contributed by atoms with E-state index in [1.165, 1.54) is 22.9 Å². The number of carbonyl (C=O) groups is 1. The Bertz CT molecular complexity index is 1530. The molecule has 0 unspecified atom stereocenters. The highest BCUT2D eigenvalue weighted by atomic mass is 19.2. The maximum Gasteiger partial charge on any atom is 0.263 e. The summed E-state index contributed by atoms with van der Waals surface area (Å²) in [5.74, 6) is -1.71. The van der Waals surface area contributed by atoms with Gasteiger partial charge < -0.3 is 19.5 Å². The highest BCUT2D eigenvalue weighted by molar-refractivity contribution is 5.93. The van der Waals surface area contributed by atoms with Crippen LogP contribution < -0.4 is 15.6 Å². The van der Waals surface area contributed by atoms with Gasteiger partial charge in [0.15, 0.2) is 11.6 Å². The molecule has 1 aliphatic heterocycles. The van der Waals surface area contributed by atoms with Gasteiger partial charge in [0, 0.05) is 37.4 Å². The summed E-state index contributed by atoms with van der Waals surface area (Å²) in [6.07, 6.45) is 5.30. The van der Waals surface area contributed by atoms with Gasteiger partial charge in [0.2, 0.25) is 0 Å². The van der Waals surface area contributed by atoms with Gasteiger partial charge in [-0.1, -0.05) is 12.1 Å². The highest BCUT2D eigenvalue weighted by Gasteiger charge is 2.19. The number of rotatable bonds is 7. The largest absolute Gasteiger partial charge is 0.490 e. The fourth-order valence-electron chi connectivity index (χ4n) is 4.61. The molecule has 1 fully saturated rings. The molecular formula is C29H28F2N4O3. The zero-order valence-corrected chi connectivity index (χ0v) is 21.0. The monoisotopic (exact) mass is 518 g/mol. The standard InChI is InChI=1S/C29H28F2N4O3/c1-34-13-9-21(10-14-34)38-27-8-11-32-26-7-5-19(15-23(26)27)17-33-28(36)22-3-2-12-35(29(22)37)18-20-4-6-24(30)25(31)16-20/h2-8,11-12,15-16,21H,9-10,13-14,17-18H2,1H3,(H,33,36). The molecule has 0 aliphatic carbocycles. The van der Waals surface area contributed by atoms with Gasteiger partial charge in [0.05, 0.1) is 12.1 Å². The SMILES string of the molecule is CN1CCC(Oc2ccnc3ccc(CNC(=O)c4cccn(Cc5ccc(F)c(F)c5)c4=O)cc23)CC1. The number of nitrogens with one attached hydrogen (secondary N) is 1. The van der Waals surface area contributed by atoms with Crippen LogP contribution in [-0.4, -0.2) is 46.6 Å². The number of carbonyl (C=O) groups excluding carboxylic acids is 1. The predicted molar refractivity (Wildman–Crippen MR) is 140 cm³/mol. The molecule has 0 atom stereocenters. The lowest BCUT2D eigenvalue weighted by Gasteiger charge is -2.29. The van der Waals surface area contributed by atoms with Gasteiger partial charge in [-0.2, -0.15) is 0 Å². The number of halogens is 2. The zero-order valence-electron chi connectivity index (χ0n) is 21.0. The van der Waals surface area contributed by atoms with Crippen molar-refractivity contribution in [1.82, 2.24) is 19.8 Å². The van der Waals surface area contributed by atoms with Crippen LogP contribution in [0.1, 0.15) is 34.3 Å². The Balaban J connectivity index is 1.29. The number of aromatic nitrogens is 2. The molecule has 9 heteroatoms. The van der Waals surface area contributed by atoms with Crippen molar-refractivity contribution in [1.29, 1.82) is 0 Å². The van der Waals surface area contributed by atoms with E-state index >= 15 is 0 Å². The summed E-state index contributed by atoms with van der Waals surface area (Å²) in [6, 6.07) is 14.0. The molecule has 2 aromatic carbocycles. The highest BCUT2D eigenvalue weighted by Crippen LogP contribution is 2.28. The molecule has 0 spiro atoms. The topological polar surface area (TPSA) is 76.5 Å². The second kappa shape index (κ2) is 11.1. The van der Waals surface area contributed by atoms with Gasteiger partial charge in [-0.15, -0.1) is 0 Å². The second-order valence-corrected chi connectivity index (χ2v) is 9.57. The third-order valence-electron chi connectivity index (χ3n) is 6.78. The van der Waals surface area contributed by atoms with E-state index in [2.05, 4.69) is 22.2 Å². The van der Waals surface area contributed by atoms with E-state index < -0.39 is 23.1 Å². The number of amides is 1. The third kappa shape index (κ3) is 5.73. The fourth-order valence-corrected chi connectivity index (χ4v) is 4.61. The van der Waals surface area contributed by atoms with Crippen LogP contribution in [0.2, 0.25) is 0 Å². The van der Waals surface area contributed by atoms with Crippen LogP contribution in [0.4, 0.5) is 8.78 Å². The van der Waals surface area contributed by atoms with Gasteiger partial charge in [0.25, 0.3) is 11.5 Å². The van der Waals surface area contributed by atoms with Crippen molar-refractivity contribution in [3.8, 4) is 5.75 Å². The van der Waals surface area contributed by atoms with Gasteiger partial charge in [-0.05, 0) is 73.5 Å². The van der Waals surface area contributed by atoms with Crippen molar-refractivity contribution in [3.05, 3.63) is 106 Å². The van der Waals surface area contributed by atoms with Crippen LogP contribution in [0.25, 0.3) is 10.9 Å². The summed E-state index contributed by atoms with van der Waals surface area (Å²) >= 11 is 0. The number of hydrogen-bond donors (Lipinski definition) is 1. The van der Waals surface area contributed by atoms with E-state index in [1.54, 1.807) is 12.3 Å². The number of nitrogens with zero attached hydrogens (tertiary/aromatic N) is 3. The van der Waals surface area contributed by atoms with Crippen LogP contribution in [0.3, 0.4) is 0 Å². The summed E-state index contributed by atoms with van der Waals surface area (Å²) in [7, 11) is 2.11. The number of pyridine rings is 2. The van der Waals surface area contributed by atoms with Crippen molar-refractivity contribution in [2.45, 2.75) is 32.0 Å². The van der Waals surface area contributed by atoms with Crippen LogP contribution in [-0.2, 0) is 13.1 Å². The molecular weight excluding hydrogens is 490 g/mol. The van der Waals surface area contributed by atoms with Crippen LogP contribution in [0, 0.1) is 11.6 Å². The molecule has 4 aromatic rings. The Morgan fingerprint density at radius 3 is 2.63 bits per heavy atom. The molecule has 1 aliphatic rings. The Morgan fingerprint density at radius 2 is 1.84 bits per heavy atom.